The van der Waals surface area contributed by atoms with Crippen molar-refractivity contribution >= 4 is 29.9 Å². The van der Waals surface area contributed by atoms with Crippen molar-refractivity contribution in [2.24, 2.45) is 11.7 Å². The number of nitrogens with two attached hydrogens (primary N) is 1. The summed E-state index contributed by atoms with van der Waals surface area (Å²) in [5, 5.41) is 2.89. The minimum Gasteiger partial charge on any atom is -0.495 e. The maximum Gasteiger partial charge on any atom is 0.249 e. The topological polar surface area (TPSA) is 84.7 Å². The van der Waals surface area contributed by atoms with Crippen LogP contribution in [-0.2, 0) is 9.59 Å². The van der Waals surface area contributed by atoms with Crippen LogP contribution >= 0.6 is 12.4 Å². The summed E-state index contributed by atoms with van der Waals surface area (Å²) >= 11 is 0. The number of nitrogens with one attached hydrogen (secondary N) is 1. The van der Waals surface area contributed by atoms with Gasteiger partial charge in [0.15, 0.2) is 0 Å². The molecule has 1 aromatic rings. The van der Waals surface area contributed by atoms with Gasteiger partial charge in [0.2, 0.25) is 11.8 Å². The van der Waals surface area contributed by atoms with Gasteiger partial charge in [-0.05, 0) is 37.3 Å². The van der Waals surface area contributed by atoms with Crippen molar-refractivity contribution < 1.29 is 14.3 Å². The van der Waals surface area contributed by atoms with Crippen LogP contribution in [0.15, 0.2) is 24.3 Å². The maximum atomic E-state index is 12.6. The summed E-state index contributed by atoms with van der Waals surface area (Å²) in [6.45, 7) is 0.576. The Hall–Kier alpha value is -1.79. The van der Waals surface area contributed by atoms with Crippen molar-refractivity contribution in [1.82, 2.24) is 5.32 Å². The smallest absolute Gasteiger partial charge is 0.249 e. The van der Waals surface area contributed by atoms with Crippen LogP contribution in [0.1, 0.15) is 32.1 Å². The molecule has 6 nitrogen and oxygen atoms in total. The van der Waals surface area contributed by atoms with Crippen LogP contribution in [0.25, 0.3) is 0 Å². The third-order valence-electron chi connectivity index (χ3n) is 5.08. The van der Waals surface area contributed by atoms with Crippen molar-refractivity contribution in [1.29, 1.82) is 0 Å². The zero-order chi connectivity index (χ0) is 17.1. The Morgan fingerprint density at radius 2 is 2.08 bits per heavy atom. The maximum absolute atomic E-state index is 12.6. The van der Waals surface area contributed by atoms with Crippen LogP contribution in [0.4, 0.5) is 5.69 Å². The average Bonchev–Trinajstić information content (AvgIpc) is 3.14. The normalized spacial score (nSPS) is 25.6. The Kier molecular flexibility index (Phi) is 6.67. The molecule has 2 fully saturated rings. The van der Waals surface area contributed by atoms with Gasteiger partial charge in [0, 0.05) is 19.0 Å². The molecular weight excluding hydrogens is 342 g/mol. The first-order valence-electron chi connectivity index (χ1n) is 8.59. The highest BCUT2D eigenvalue weighted by atomic mass is 35.5. The van der Waals surface area contributed by atoms with Crippen molar-refractivity contribution in [3.05, 3.63) is 24.3 Å². The molecule has 7 heteroatoms. The van der Waals surface area contributed by atoms with Crippen LogP contribution in [0.2, 0.25) is 0 Å². The van der Waals surface area contributed by atoms with E-state index in [1.54, 1.807) is 12.0 Å². The van der Waals surface area contributed by atoms with Crippen LogP contribution in [0, 0.1) is 5.92 Å². The molecule has 0 aromatic heterocycles. The number of rotatable bonds is 5. The number of hydrogen-bond donors (Lipinski definition) is 2. The first kappa shape index (κ1) is 19.5. The van der Waals surface area contributed by atoms with E-state index in [1.165, 1.54) is 0 Å². The largest absolute Gasteiger partial charge is 0.495 e. The van der Waals surface area contributed by atoms with E-state index in [1.807, 2.05) is 24.3 Å². The Bertz CT molecular complexity index is 625. The summed E-state index contributed by atoms with van der Waals surface area (Å²) in [5.74, 6) is 0.753. The lowest BCUT2D eigenvalue weighted by Gasteiger charge is -2.20. The van der Waals surface area contributed by atoms with E-state index in [2.05, 4.69) is 5.32 Å². The standard InChI is InChI=1S/C18H25N3O3.ClH/c1-24-16-8-3-2-7-15(16)21-10-9-14(18(21)23)20-17(22)11-12-5-4-6-13(12)19;/h2-3,7-8,12-14H,4-6,9-11,19H2,1H3,(H,20,22);1H/t12-,13+,14?;/m0./s1. The van der Waals surface area contributed by atoms with Gasteiger partial charge >= 0.3 is 0 Å². The third-order valence-corrected chi connectivity index (χ3v) is 5.08. The van der Waals surface area contributed by atoms with Gasteiger partial charge in [0.05, 0.1) is 12.8 Å². The lowest BCUT2D eigenvalue weighted by atomic mass is 9.99. The SMILES string of the molecule is COc1ccccc1N1CCC(NC(=O)C[C@@H]2CCC[C@H]2N)C1=O.Cl. The summed E-state index contributed by atoms with van der Waals surface area (Å²) in [6, 6.07) is 7.08. The number of amides is 2. The molecule has 1 aromatic carbocycles. The van der Waals surface area contributed by atoms with Gasteiger partial charge in [-0.25, -0.2) is 0 Å². The fourth-order valence-corrected chi connectivity index (χ4v) is 3.72. The number of nitrogens with zero attached hydrogens (tertiary/aromatic N) is 1. The van der Waals surface area contributed by atoms with Crippen molar-refractivity contribution in [3.8, 4) is 5.75 Å². The number of methoxy groups -OCH3 is 1. The molecule has 138 valence electrons. The molecule has 2 aliphatic rings. The predicted octanol–water partition coefficient (Wildman–Crippen LogP) is 1.86. The summed E-state index contributed by atoms with van der Waals surface area (Å²) in [4.78, 5) is 26.6. The number of anilines is 1. The number of carbonyl (C=O) groups is 2. The van der Waals surface area contributed by atoms with Gasteiger partial charge in [-0.1, -0.05) is 18.6 Å². The monoisotopic (exact) mass is 367 g/mol. The van der Waals surface area contributed by atoms with Crippen LogP contribution in [0.3, 0.4) is 0 Å². The minimum atomic E-state index is -0.458. The van der Waals surface area contributed by atoms with Crippen LogP contribution in [0.5, 0.6) is 5.75 Å². The second-order valence-electron chi connectivity index (χ2n) is 6.63. The van der Waals surface area contributed by atoms with E-state index in [9.17, 15) is 9.59 Å². The molecule has 1 unspecified atom stereocenters. The van der Waals surface area contributed by atoms with Gasteiger partial charge in [-0.3, -0.25) is 9.59 Å². The second-order valence-corrected chi connectivity index (χ2v) is 6.63. The van der Waals surface area contributed by atoms with E-state index in [0.717, 1.165) is 24.9 Å². The fourth-order valence-electron chi connectivity index (χ4n) is 3.72. The number of benzene rings is 1. The van der Waals surface area contributed by atoms with Gasteiger partial charge in [0.1, 0.15) is 11.8 Å². The summed E-state index contributed by atoms with van der Waals surface area (Å²) in [7, 11) is 1.59. The highest BCUT2D eigenvalue weighted by Gasteiger charge is 2.35. The number of hydrogen-bond acceptors (Lipinski definition) is 4. The summed E-state index contributed by atoms with van der Waals surface area (Å²) in [5.41, 5.74) is 6.77. The summed E-state index contributed by atoms with van der Waals surface area (Å²) in [6.07, 6.45) is 4.10. The van der Waals surface area contributed by atoms with E-state index in [-0.39, 0.29) is 36.2 Å². The van der Waals surface area contributed by atoms with Crippen molar-refractivity contribution in [2.75, 3.05) is 18.6 Å². The molecule has 1 aliphatic carbocycles. The van der Waals surface area contributed by atoms with Gasteiger partial charge in [-0.2, -0.15) is 0 Å². The Balaban J connectivity index is 0.00000225. The average molecular weight is 368 g/mol. The Labute approximate surface area is 154 Å². The zero-order valence-electron chi connectivity index (χ0n) is 14.4. The molecule has 0 bridgehead atoms. The van der Waals surface area contributed by atoms with Gasteiger partial charge in [-0.15, -0.1) is 12.4 Å². The molecule has 0 radical (unpaired) electrons. The molecule has 1 aliphatic heterocycles. The van der Waals surface area contributed by atoms with E-state index in [4.69, 9.17) is 10.5 Å². The molecule has 3 atom stereocenters. The highest BCUT2D eigenvalue weighted by Crippen LogP contribution is 2.31. The molecule has 1 heterocycles. The minimum absolute atomic E-state index is 0. The van der Waals surface area contributed by atoms with Gasteiger partial charge in [0.25, 0.3) is 0 Å². The molecule has 25 heavy (non-hydrogen) atoms. The van der Waals surface area contributed by atoms with E-state index >= 15 is 0 Å². The number of para-hydroxylation sites is 2. The van der Waals surface area contributed by atoms with Gasteiger partial charge < -0.3 is 20.7 Å². The Morgan fingerprint density at radius 1 is 1.32 bits per heavy atom. The van der Waals surface area contributed by atoms with Crippen molar-refractivity contribution in [3.63, 3.8) is 0 Å². The van der Waals surface area contributed by atoms with E-state index in [0.29, 0.717) is 25.1 Å². The van der Waals surface area contributed by atoms with Crippen LogP contribution in [-0.4, -0.2) is 37.6 Å². The number of ether oxygens (including phenoxy) is 1. The molecule has 1 saturated carbocycles. The molecular formula is C18H26ClN3O3. The lowest BCUT2D eigenvalue weighted by molar-refractivity contribution is -0.127. The third kappa shape index (κ3) is 4.25. The van der Waals surface area contributed by atoms with Crippen molar-refractivity contribution in [2.45, 2.75) is 44.2 Å². The number of carbonyl (C=O) groups excluding carboxylic acids is 2. The molecule has 3 N–H and O–H groups in total. The fraction of sp³-hybridized carbons (Fsp3) is 0.556. The van der Waals surface area contributed by atoms with E-state index < -0.39 is 6.04 Å². The second kappa shape index (κ2) is 8.54. The number of halogens is 1. The zero-order valence-corrected chi connectivity index (χ0v) is 15.3. The predicted molar refractivity (Wildman–Crippen MR) is 99.1 cm³/mol. The Morgan fingerprint density at radius 3 is 2.76 bits per heavy atom. The molecule has 1 saturated heterocycles. The first-order valence-corrected chi connectivity index (χ1v) is 8.59. The molecule has 3 rings (SSSR count). The molecule has 2 amide bonds. The highest BCUT2D eigenvalue weighted by molar-refractivity contribution is 6.02. The molecule has 0 spiro atoms. The first-order chi connectivity index (χ1) is 11.6. The van der Waals surface area contributed by atoms with Crippen LogP contribution < -0.4 is 20.7 Å². The lowest BCUT2D eigenvalue weighted by Crippen LogP contribution is -2.42. The quantitative estimate of drug-likeness (QED) is 0.831. The summed E-state index contributed by atoms with van der Waals surface area (Å²) < 4.78 is 5.33.